The van der Waals surface area contributed by atoms with Gasteiger partial charge in [0.15, 0.2) is 0 Å². The van der Waals surface area contributed by atoms with E-state index in [-0.39, 0.29) is 5.56 Å². The summed E-state index contributed by atoms with van der Waals surface area (Å²) < 4.78 is 81.5. The molecule has 31 heavy (non-hydrogen) atoms. The van der Waals surface area contributed by atoms with Crippen LogP contribution in [0, 0.1) is 12.9 Å². The topological polar surface area (TPSA) is 42.0 Å². The van der Waals surface area contributed by atoms with E-state index in [0.29, 0.717) is 17.2 Å². The largest absolute Gasteiger partial charge is 0.417 e. The predicted octanol–water partition coefficient (Wildman–Crippen LogP) is 5.74. The van der Waals surface area contributed by atoms with Crippen LogP contribution in [0.15, 0.2) is 60.8 Å². The number of halogens is 6. The number of amides is 1. The molecule has 1 aromatic heterocycles. The first-order chi connectivity index (χ1) is 14.5. The highest BCUT2D eigenvalue weighted by molar-refractivity contribution is 5.95. The van der Waals surface area contributed by atoms with Crippen molar-refractivity contribution in [2.45, 2.75) is 19.0 Å². The second-order valence-corrected chi connectivity index (χ2v) is 6.83. The molecule has 1 heterocycles. The van der Waals surface area contributed by atoms with E-state index in [0.717, 1.165) is 24.3 Å². The summed E-state index contributed by atoms with van der Waals surface area (Å²) in [6.07, 6.45) is -3.53. The number of nitrogens with one attached hydrogen (secondary N) is 1. The van der Waals surface area contributed by atoms with E-state index >= 15 is 0 Å². The predicted molar refractivity (Wildman–Crippen MR) is 102 cm³/mol. The van der Waals surface area contributed by atoms with E-state index in [2.05, 4.69) is 4.98 Å². The number of benzene rings is 2. The highest BCUT2D eigenvalue weighted by atomic mass is 19.4. The number of rotatable bonds is 5. The summed E-state index contributed by atoms with van der Waals surface area (Å²) in [6.45, 7) is 0.251. The zero-order valence-electron chi connectivity index (χ0n) is 16.1. The fraction of sp³-hybridized carbons (Fsp3) is 0.182. The quantitative estimate of drug-likeness (QED) is 0.408. The lowest BCUT2D eigenvalue weighted by Gasteiger charge is -2.21. The fourth-order valence-electron chi connectivity index (χ4n) is 3.11. The van der Waals surface area contributed by atoms with Crippen molar-refractivity contribution < 1.29 is 31.1 Å². The molecule has 1 N–H and O–H groups in total. The Hall–Kier alpha value is -3.36. The van der Waals surface area contributed by atoms with Gasteiger partial charge in [0.2, 0.25) is 5.95 Å². The van der Waals surface area contributed by atoms with E-state index in [1.165, 1.54) is 37.4 Å². The number of carbonyl (C=O) groups is 1. The Morgan fingerprint density at radius 2 is 1.61 bits per heavy atom. The molecule has 0 saturated carbocycles. The number of aromatic nitrogens is 1. The van der Waals surface area contributed by atoms with Gasteiger partial charge in [0.25, 0.3) is 11.8 Å². The average Bonchev–Trinajstić information content (AvgIpc) is 2.71. The van der Waals surface area contributed by atoms with Gasteiger partial charge in [0.1, 0.15) is 0 Å². The lowest BCUT2D eigenvalue weighted by Crippen LogP contribution is -2.36. The highest BCUT2D eigenvalue weighted by Crippen LogP contribution is 2.34. The molecule has 1 amide bonds. The van der Waals surface area contributed by atoms with Crippen LogP contribution in [0.4, 0.5) is 26.3 Å². The normalized spacial score (nSPS) is 12.0. The van der Waals surface area contributed by atoms with Gasteiger partial charge in [-0.3, -0.25) is 4.79 Å². The third-order valence-electron chi connectivity index (χ3n) is 4.63. The molecular weight excluding hydrogens is 422 g/mol. The zero-order chi connectivity index (χ0) is 22.8. The SMILES string of the molecule is Cc1cc(-c2ccc(F)nc2)ccc1C(F)(F)CNC(=O)c1ccccc1C(F)(F)F. The van der Waals surface area contributed by atoms with Crippen LogP contribution >= 0.6 is 0 Å². The molecule has 162 valence electrons. The molecular formula is C22H16F6N2O. The van der Waals surface area contributed by atoms with E-state index in [1.54, 1.807) is 0 Å². The molecule has 0 spiro atoms. The van der Waals surface area contributed by atoms with E-state index in [4.69, 9.17) is 0 Å². The molecule has 0 unspecified atom stereocenters. The van der Waals surface area contributed by atoms with Crippen molar-refractivity contribution in [2.24, 2.45) is 0 Å². The number of hydrogen-bond donors (Lipinski definition) is 1. The van der Waals surface area contributed by atoms with Crippen LogP contribution in [-0.2, 0) is 12.1 Å². The molecule has 2 aromatic carbocycles. The first-order valence-electron chi connectivity index (χ1n) is 9.04. The van der Waals surface area contributed by atoms with Crippen LogP contribution < -0.4 is 5.32 Å². The Labute approximate surface area is 173 Å². The molecule has 0 aliphatic heterocycles. The Kier molecular flexibility index (Phi) is 6.06. The van der Waals surface area contributed by atoms with Gasteiger partial charge in [-0.1, -0.05) is 30.3 Å². The molecule has 0 bridgehead atoms. The zero-order valence-corrected chi connectivity index (χ0v) is 16.1. The van der Waals surface area contributed by atoms with Crippen LogP contribution in [0.1, 0.15) is 27.0 Å². The van der Waals surface area contributed by atoms with Crippen molar-refractivity contribution in [3.63, 3.8) is 0 Å². The van der Waals surface area contributed by atoms with Crippen LogP contribution in [0.2, 0.25) is 0 Å². The smallest absolute Gasteiger partial charge is 0.346 e. The van der Waals surface area contributed by atoms with Crippen molar-refractivity contribution >= 4 is 5.91 Å². The first-order valence-corrected chi connectivity index (χ1v) is 9.04. The standard InChI is InChI=1S/C22H16F6N2O/c1-13-10-14(15-7-9-19(23)29-11-15)6-8-17(13)21(24,25)12-30-20(31)16-4-2-3-5-18(16)22(26,27)28/h2-11H,12H2,1H3,(H,30,31). The first kappa shape index (κ1) is 22.3. The van der Waals surface area contributed by atoms with Crippen molar-refractivity contribution in [2.75, 3.05) is 6.54 Å². The van der Waals surface area contributed by atoms with Crippen molar-refractivity contribution in [3.8, 4) is 11.1 Å². The summed E-state index contributed by atoms with van der Waals surface area (Å²) in [6, 6.07) is 10.6. The average molecular weight is 438 g/mol. The molecule has 3 rings (SSSR count). The van der Waals surface area contributed by atoms with Gasteiger partial charge in [-0.05, 0) is 42.3 Å². The summed E-state index contributed by atoms with van der Waals surface area (Å²) >= 11 is 0. The molecule has 9 heteroatoms. The van der Waals surface area contributed by atoms with Gasteiger partial charge in [-0.25, -0.2) is 4.98 Å². The van der Waals surface area contributed by atoms with Gasteiger partial charge in [-0.2, -0.15) is 26.3 Å². The lowest BCUT2D eigenvalue weighted by atomic mass is 9.97. The number of nitrogens with zero attached hydrogens (tertiary/aromatic N) is 1. The third kappa shape index (κ3) is 5.04. The third-order valence-corrected chi connectivity index (χ3v) is 4.63. The molecule has 3 aromatic rings. The Bertz CT molecular complexity index is 1090. The van der Waals surface area contributed by atoms with Crippen LogP contribution in [0.5, 0.6) is 0 Å². The number of pyridine rings is 1. The van der Waals surface area contributed by atoms with Gasteiger partial charge in [0.05, 0.1) is 17.7 Å². The minimum atomic E-state index is -4.79. The van der Waals surface area contributed by atoms with Crippen molar-refractivity contribution in [1.82, 2.24) is 10.3 Å². The van der Waals surface area contributed by atoms with Crippen LogP contribution in [0.3, 0.4) is 0 Å². The summed E-state index contributed by atoms with van der Waals surface area (Å²) in [4.78, 5) is 15.7. The molecule has 0 radical (unpaired) electrons. The number of hydrogen-bond acceptors (Lipinski definition) is 2. The second kappa shape index (κ2) is 8.41. The van der Waals surface area contributed by atoms with Gasteiger partial charge in [0, 0.05) is 17.3 Å². The fourth-order valence-corrected chi connectivity index (χ4v) is 3.11. The molecule has 0 aliphatic rings. The van der Waals surface area contributed by atoms with Crippen LogP contribution in [-0.4, -0.2) is 17.4 Å². The van der Waals surface area contributed by atoms with Gasteiger partial charge >= 0.3 is 6.18 Å². The maximum Gasteiger partial charge on any atom is 0.417 e. The number of aryl methyl sites for hydroxylation is 1. The molecule has 0 atom stereocenters. The molecule has 0 fully saturated rings. The minimum Gasteiger partial charge on any atom is -0.346 e. The van der Waals surface area contributed by atoms with Crippen molar-refractivity contribution in [3.05, 3.63) is 89.0 Å². The Morgan fingerprint density at radius 1 is 0.935 bits per heavy atom. The van der Waals surface area contributed by atoms with Crippen molar-refractivity contribution in [1.29, 1.82) is 0 Å². The Balaban J connectivity index is 1.78. The lowest BCUT2D eigenvalue weighted by molar-refractivity contribution is -0.137. The summed E-state index contributed by atoms with van der Waals surface area (Å²) in [5.74, 6) is -5.46. The van der Waals surface area contributed by atoms with E-state index in [1.807, 2.05) is 5.32 Å². The summed E-state index contributed by atoms with van der Waals surface area (Å²) in [7, 11) is 0. The maximum atomic E-state index is 14.7. The Morgan fingerprint density at radius 3 is 2.23 bits per heavy atom. The monoisotopic (exact) mass is 438 g/mol. The maximum absolute atomic E-state index is 14.7. The molecule has 0 saturated heterocycles. The highest BCUT2D eigenvalue weighted by Gasteiger charge is 2.37. The summed E-state index contributed by atoms with van der Waals surface area (Å²) in [5.41, 5.74) is -1.08. The second-order valence-electron chi connectivity index (χ2n) is 6.83. The molecule has 3 nitrogen and oxygen atoms in total. The number of alkyl halides is 5. The summed E-state index contributed by atoms with van der Waals surface area (Å²) in [5, 5.41) is 1.89. The van der Waals surface area contributed by atoms with E-state index < -0.39 is 47.2 Å². The van der Waals surface area contributed by atoms with Crippen LogP contribution in [0.25, 0.3) is 11.1 Å². The van der Waals surface area contributed by atoms with Gasteiger partial charge in [-0.15, -0.1) is 0 Å². The minimum absolute atomic E-state index is 0.191. The van der Waals surface area contributed by atoms with E-state index in [9.17, 15) is 31.1 Å². The van der Waals surface area contributed by atoms with Gasteiger partial charge < -0.3 is 5.32 Å². The molecule has 0 aliphatic carbocycles. The number of carbonyl (C=O) groups excluding carboxylic acids is 1.